The molecular weight excluding hydrogens is 356 g/mol. The van der Waals surface area contributed by atoms with Crippen molar-refractivity contribution in [3.63, 3.8) is 0 Å². The van der Waals surface area contributed by atoms with Gasteiger partial charge in [0.2, 0.25) is 0 Å². The molecule has 2 aromatic carbocycles. The maximum absolute atomic E-state index is 12.5. The Hall–Kier alpha value is -2.73. The Bertz CT molecular complexity index is 758. The molecular formula is C22H28N2O4. The van der Waals surface area contributed by atoms with E-state index in [4.69, 9.17) is 14.2 Å². The Balaban J connectivity index is 1.42. The first-order chi connectivity index (χ1) is 13.7. The van der Waals surface area contributed by atoms with Gasteiger partial charge in [0.05, 0.1) is 20.8 Å². The smallest absolute Gasteiger partial charge is 0.321 e. The molecule has 1 aliphatic heterocycles. The number of amides is 2. The van der Waals surface area contributed by atoms with Crippen molar-refractivity contribution in [3.8, 4) is 11.5 Å². The molecule has 0 bridgehead atoms. The van der Waals surface area contributed by atoms with Crippen LogP contribution in [0.5, 0.6) is 11.5 Å². The van der Waals surface area contributed by atoms with Crippen LogP contribution < -0.4 is 14.8 Å². The summed E-state index contributed by atoms with van der Waals surface area (Å²) in [5, 5.41) is 2.94. The fourth-order valence-corrected chi connectivity index (χ4v) is 3.34. The van der Waals surface area contributed by atoms with E-state index < -0.39 is 0 Å². The van der Waals surface area contributed by atoms with Crippen molar-refractivity contribution in [2.75, 3.05) is 39.2 Å². The van der Waals surface area contributed by atoms with Gasteiger partial charge in [-0.15, -0.1) is 0 Å². The summed E-state index contributed by atoms with van der Waals surface area (Å²) >= 11 is 0. The number of hydrogen-bond acceptors (Lipinski definition) is 4. The normalized spacial score (nSPS) is 14.6. The molecule has 1 N–H and O–H groups in total. The molecule has 2 aromatic rings. The van der Waals surface area contributed by atoms with E-state index in [1.807, 2.05) is 29.2 Å². The topological polar surface area (TPSA) is 60.0 Å². The summed E-state index contributed by atoms with van der Waals surface area (Å²) in [5.74, 6) is 1.72. The van der Waals surface area contributed by atoms with Crippen molar-refractivity contribution in [1.29, 1.82) is 0 Å². The number of benzene rings is 2. The van der Waals surface area contributed by atoms with Gasteiger partial charge in [-0.1, -0.05) is 30.3 Å². The molecule has 150 valence electrons. The Morgan fingerprint density at radius 2 is 1.75 bits per heavy atom. The number of hydrogen-bond donors (Lipinski definition) is 1. The maximum Gasteiger partial charge on any atom is 0.321 e. The minimum atomic E-state index is -0.0872. The summed E-state index contributed by atoms with van der Waals surface area (Å²) in [5.41, 5.74) is 1.88. The molecule has 1 aliphatic rings. The van der Waals surface area contributed by atoms with Crippen LogP contribution in [0.3, 0.4) is 0 Å². The van der Waals surface area contributed by atoms with Crippen LogP contribution in [-0.4, -0.2) is 44.8 Å². The molecule has 0 radical (unpaired) electrons. The Morgan fingerprint density at radius 3 is 2.43 bits per heavy atom. The quantitative estimate of drug-likeness (QED) is 0.779. The summed E-state index contributed by atoms with van der Waals surface area (Å²) in [6, 6.07) is 15.5. The molecule has 6 nitrogen and oxygen atoms in total. The third kappa shape index (κ3) is 5.39. The van der Waals surface area contributed by atoms with Gasteiger partial charge in [0, 0.05) is 31.5 Å². The molecule has 28 heavy (non-hydrogen) atoms. The van der Waals surface area contributed by atoms with Gasteiger partial charge in [0.15, 0.2) is 11.5 Å². The van der Waals surface area contributed by atoms with Crippen LogP contribution >= 0.6 is 0 Å². The van der Waals surface area contributed by atoms with E-state index in [9.17, 15) is 4.79 Å². The lowest BCUT2D eigenvalue weighted by Crippen LogP contribution is -2.41. The van der Waals surface area contributed by atoms with Gasteiger partial charge in [-0.2, -0.15) is 0 Å². The van der Waals surface area contributed by atoms with E-state index in [1.165, 1.54) is 5.56 Å². The fourth-order valence-electron chi connectivity index (χ4n) is 3.34. The molecule has 0 atom stereocenters. The second kappa shape index (κ2) is 9.99. The number of anilines is 1. The van der Waals surface area contributed by atoms with Crippen LogP contribution in [-0.2, 0) is 11.3 Å². The Kier molecular flexibility index (Phi) is 7.14. The zero-order chi connectivity index (χ0) is 19.8. The highest BCUT2D eigenvalue weighted by atomic mass is 16.5. The Labute approximate surface area is 166 Å². The van der Waals surface area contributed by atoms with Crippen LogP contribution in [0.4, 0.5) is 10.5 Å². The summed E-state index contributed by atoms with van der Waals surface area (Å²) < 4.78 is 16.4. The standard InChI is InChI=1S/C22H28N2O4/c1-26-20-9-8-19(14-21(20)27-2)23-22(25)24-12-10-18(11-13-24)16-28-15-17-6-4-3-5-7-17/h3-9,14,18H,10-13,15-16H2,1-2H3,(H,23,25). The lowest BCUT2D eigenvalue weighted by Gasteiger charge is -2.32. The van der Waals surface area contributed by atoms with Gasteiger partial charge in [-0.25, -0.2) is 4.79 Å². The number of carbonyl (C=O) groups is 1. The van der Waals surface area contributed by atoms with Crippen molar-refractivity contribution in [1.82, 2.24) is 4.90 Å². The molecule has 0 unspecified atom stereocenters. The van der Waals surface area contributed by atoms with Crippen molar-refractivity contribution >= 4 is 11.7 Å². The number of methoxy groups -OCH3 is 2. The molecule has 0 aliphatic carbocycles. The molecule has 1 saturated heterocycles. The minimum absolute atomic E-state index is 0.0872. The largest absolute Gasteiger partial charge is 0.493 e. The summed E-state index contributed by atoms with van der Waals surface area (Å²) in [6.45, 7) is 2.85. The van der Waals surface area contributed by atoms with Crippen LogP contribution in [0.25, 0.3) is 0 Å². The Morgan fingerprint density at radius 1 is 1.04 bits per heavy atom. The number of nitrogens with one attached hydrogen (secondary N) is 1. The van der Waals surface area contributed by atoms with Gasteiger partial charge < -0.3 is 24.4 Å². The van der Waals surface area contributed by atoms with Crippen LogP contribution in [0.2, 0.25) is 0 Å². The molecule has 0 saturated carbocycles. The number of urea groups is 1. The molecule has 6 heteroatoms. The number of carbonyl (C=O) groups excluding carboxylic acids is 1. The number of likely N-dealkylation sites (tertiary alicyclic amines) is 1. The van der Waals surface area contributed by atoms with E-state index in [0.717, 1.165) is 32.5 Å². The third-order valence-corrected chi connectivity index (χ3v) is 5.00. The first-order valence-corrected chi connectivity index (χ1v) is 9.59. The molecule has 1 heterocycles. The highest BCUT2D eigenvalue weighted by Crippen LogP contribution is 2.30. The van der Waals surface area contributed by atoms with Gasteiger partial charge in [-0.3, -0.25) is 0 Å². The monoisotopic (exact) mass is 384 g/mol. The summed E-state index contributed by atoms with van der Waals surface area (Å²) in [6.07, 6.45) is 1.91. The second-order valence-electron chi connectivity index (χ2n) is 6.93. The van der Waals surface area contributed by atoms with Crippen molar-refractivity contribution in [3.05, 3.63) is 54.1 Å². The highest BCUT2D eigenvalue weighted by molar-refractivity contribution is 5.89. The average molecular weight is 384 g/mol. The minimum Gasteiger partial charge on any atom is -0.493 e. The van der Waals surface area contributed by atoms with Gasteiger partial charge in [0.25, 0.3) is 0 Å². The average Bonchev–Trinajstić information content (AvgIpc) is 2.75. The second-order valence-corrected chi connectivity index (χ2v) is 6.93. The van der Waals surface area contributed by atoms with E-state index in [-0.39, 0.29) is 6.03 Å². The van der Waals surface area contributed by atoms with E-state index in [1.54, 1.807) is 26.4 Å². The molecule has 0 aromatic heterocycles. The van der Waals surface area contributed by atoms with E-state index in [0.29, 0.717) is 29.7 Å². The number of nitrogens with zero attached hydrogens (tertiary/aromatic N) is 1. The number of rotatable bonds is 7. The number of ether oxygens (including phenoxy) is 3. The van der Waals surface area contributed by atoms with Gasteiger partial charge in [-0.05, 0) is 36.5 Å². The van der Waals surface area contributed by atoms with E-state index in [2.05, 4.69) is 17.4 Å². The third-order valence-electron chi connectivity index (χ3n) is 5.00. The van der Waals surface area contributed by atoms with Crippen LogP contribution in [0.1, 0.15) is 18.4 Å². The van der Waals surface area contributed by atoms with Gasteiger partial charge >= 0.3 is 6.03 Å². The SMILES string of the molecule is COc1ccc(NC(=O)N2CCC(COCc3ccccc3)CC2)cc1OC. The van der Waals surface area contributed by atoms with E-state index >= 15 is 0 Å². The predicted octanol–water partition coefficient (Wildman–Crippen LogP) is 4.16. The van der Waals surface area contributed by atoms with Gasteiger partial charge in [0.1, 0.15) is 0 Å². The fraction of sp³-hybridized carbons (Fsp3) is 0.409. The predicted molar refractivity (Wildman–Crippen MR) is 109 cm³/mol. The van der Waals surface area contributed by atoms with Crippen molar-refractivity contribution in [2.45, 2.75) is 19.4 Å². The van der Waals surface area contributed by atoms with Crippen LogP contribution in [0, 0.1) is 5.92 Å². The zero-order valence-corrected chi connectivity index (χ0v) is 16.5. The van der Waals surface area contributed by atoms with Crippen molar-refractivity contribution in [2.24, 2.45) is 5.92 Å². The molecule has 3 rings (SSSR count). The summed E-state index contributed by atoms with van der Waals surface area (Å²) in [4.78, 5) is 14.4. The van der Waals surface area contributed by atoms with Crippen LogP contribution in [0.15, 0.2) is 48.5 Å². The zero-order valence-electron chi connectivity index (χ0n) is 16.5. The lowest BCUT2D eigenvalue weighted by molar-refractivity contribution is 0.0640. The summed E-state index contributed by atoms with van der Waals surface area (Å²) in [7, 11) is 3.16. The van der Waals surface area contributed by atoms with Crippen molar-refractivity contribution < 1.29 is 19.0 Å². The molecule has 2 amide bonds. The number of piperidine rings is 1. The molecule has 1 fully saturated rings. The maximum atomic E-state index is 12.5. The first-order valence-electron chi connectivity index (χ1n) is 9.59. The molecule has 0 spiro atoms. The first kappa shape index (κ1) is 20.0. The lowest BCUT2D eigenvalue weighted by atomic mass is 9.98. The highest BCUT2D eigenvalue weighted by Gasteiger charge is 2.23.